The maximum atomic E-state index is 12.6. The van der Waals surface area contributed by atoms with Gasteiger partial charge in [0.2, 0.25) is 11.8 Å². The van der Waals surface area contributed by atoms with E-state index in [1.807, 2.05) is 25.1 Å². The predicted octanol–water partition coefficient (Wildman–Crippen LogP) is 2.36. The average molecular weight is 547 g/mol. The second-order valence-electron chi connectivity index (χ2n) is 8.25. The predicted molar refractivity (Wildman–Crippen MR) is 145 cm³/mol. The van der Waals surface area contributed by atoms with E-state index in [-0.39, 0.29) is 54.6 Å². The van der Waals surface area contributed by atoms with Crippen LogP contribution in [0.2, 0.25) is 0 Å². The summed E-state index contributed by atoms with van der Waals surface area (Å²) in [5.74, 6) is 0.612. The van der Waals surface area contributed by atoms with Gasteiger partial charge < -0.3 is 36.0 Å². The Bertz CT molecular complexity index is 996. The molecule has 1 saturated carbocycles. The van der Waals surface area contributed by atoms with Crippen LogP contribution in [0, 0.1) is 6.92 Å². The third-order valence-electron chi connectivity index (χ3n) is 5.61. The van der Waals surface area contributed by atoms with Gasteiger partial charge in [0.1, 0.15) is 12.4 Å². The van der Waals surface area contributed by atoms with Gasteiger partial charge in [-0.2, -0.15) is 0 Å². The zero-order valence-electron chi connectivity index (χ0n) is 20.9. The normalized spacial score (nSPS) is 17.5. The van der Waals surface area contributed by atoms with Crippen molar-refractivity contribution >= 4 is 53.4 Å². The number of methoxy groups -OCH3 is 2. The number of hydrogen-bond donors (Lipinski definition) is 4. The highest BCUT2D eigenvalue weighted by Gasteiger charge is 2.27. The highest BCUT2D eigenvalue weighted by molar-refractivity contribution is 5.96. The van der Waals surface area contributed by atoms with Crippen molar-refractivity contribution in [3.63, 3.8) is 0 Å². The fourth-order valence-corrected chi connectivity index (χ4v) is 3.90. The molecule has 0 radical (unpaired) electrons. The molecular weight excluding hydrogens is 509 g/mol. The molecule has 1 aromatic carbocycles. The van der Waals surface area contributed by atoms with E-state index in [0.717, 1.165) is 36.6 Å². The third-order valence-corrected chi connectivity index (χ3v) is 5.61. The van der Waals surface area contributed by atoms with Gasteiger partial charge in [-0.1, -0.05) is 24.5 Å². The molecule has 1 aromatic heterocycles. The van der Waals surface area contributed by atoms with Crippen molar-refractivity contribution in [2.45, 2.75) is 44.7 Å². The number of nitrogens with one attached hydrogen (secondary N) is 3. The molecule has 1 aliphatic carbocycles. The minimum absolute atomic E-state index is 0. The fraction of sp³-hybridized carbons (Fsp3) is 0.565. The van der Waals surface area contributed by atoms with Gasteiger partial charge in [-0.3, -0.25) is 4.79 Å². The number of nitrogens with zero attached hydrogens (tertiary/aromatic N) is 3. The van der Waals surface area contributed by atoms with Crippen molar-refractivity contribution in [1.29, 1.82) is 0 Å². The Morgan fingerprint density at radius 2 is 1.81 bits per heavy atom. The van der Waals surface area contributed by atoms with Crippen LogP contribution < -0.4 is 21.7 Å². The molecule has 1 aliphatic rings. The summed E-state index contributed by atoms with van der Waals surface area (Å²) in [4.78, 5) is 26.9. The Labute approximate surface area is 224 Å². The monoisotopic (exact) mass is 545 g/mol. The van der Waals surface area contributed by atoms with Crippen LogP contribution in [0.25, 0.3) is 10.9 Å². The van der Waals surface area contributed by atoms with Gasteiger partial charge >= 0.3 is 0 Å². The Morgan fingerprint density at radius 1 is 1.08 bits per heavy atom. The minimum Gasteiger partial charge on any atom is -0.390 e. The lowest BCUT2D eigenvalue weighted by molar-refractivity contribution is 0.0741. The topological polar surface area (TPSA) is 145 Å². The summed E-state index contributed by atoms with van der Waals surface area (Å²) in [7, 11) is 3.18. The standard InChI is InChI=1S/C23H35N7O4.2ClH/c1-15-8-9-17-16(14-15)20(29-21(26-17)22(31)25-10-11-32-2)27-18-6-4-5-7-19(18)28-23(24)30-34-13-12-33-3;;/h8-9,14,18-19H,4-7,10-13H2,1-3H3,(H,25,31)(H3,24,28,30)(H,26,27,29);2*1H/t18-,19+;;/m0../s1. The van der Waals surface area contributed by atoms with Gasteiger partial charge in [0.05, 0.1) is 18.7 Å². The summed E-state index contributed by atoms with van der Waals surface area (Å²) < 4.78 is 9.95. The summed E-state index contributed by atoms with van der Waals surface area (Å²) in [6, 6.07) is 5.95. The first kappa shape index (κ1) is 31.4. The van der Waals surface area contributed by atoms with Crippen molar-refractivity contribution in [2.24, 2.45) is 10.9 Å². The van der Waals surface area contributed by atoms with Crippen LogP contribution in [-0.4, -0.2) is 74.5 Å². The Balaban J connectivity index is 0.00000324. The number of hydrogen-bond acceptors (Lipinski definition) is 8. The first-order chi connectivity index (χ1) is 16.5. The smallest absolute Gasteiger partial charge is 0.289 e. The van der Waals surface area contributed by atoms with E-state index in [0.29, 0.717) is 37.7 Å². The fourth-order valence-electron chi connectivity index (χ4n) is 3.90. The number of nitrogens with two attached hydrogens (primary N) is 1. The third kappa shape index (κ3) is 9.12. The Kier molecular flexibility index (Phi) is 14.1. The molecule has 0 spiro atoms. The van der Waals surface area contributed by atoms with Crippen molar-refractivity contribution in [2.75, 3.05) is 45.9 Å². The van der Waals surface area contributed by atoms with Crippen LogP contribution in [-0.2, 0) is 14.3 Å². The molecule has 1 heterocycles. The van der Waals surface area contributed by atoms with E-state index in [2.05, 4.69) is 31.1 Å². The van der Waals surface area contributed by atoms with Gasteiger partial charge in [-0.15, -0.1) is 24.8 Å². The average Bonchev–Trinajstić information content (AvgIpc) is 2.83. The number of rotatable bonds is 11. The van der Waals surface area contributed by atoms with E-state index in [4.69, 9.17) is 20.0 Å². The van der Waals surface area contributed by atoms with Crippen molar-refractivity contribution < 1.29 is 19.1 Å². The number of benzene rings is 1. The second-order valence-corrected chi connectivity index (χ2v) is 8.25. The molecule has 0 bridgehead atoms. The summed E-state index contributed by atoms with van der Waals surface area (Å²) >= 11 is 0. The van der Waals surface area contributed by atoms with Crippen LogP contribution >= 0.6 is 24.8 Å². The number of carbonyl (C=O) groups is 1. The number of ether oxygens (including phenoxy) is 2. The van der Waals surface area contributed by atoms with E-state index in [9.17, 15) is 4.79 Å². The maximum absolute atomic E-state index is 12.6. The SMILES string of the molecule is COCCNC(=O)c1nc(N[C@H]2CCCC[C@H]2N/C(N)=N\OCCOC)c2cc(C)ccc2n1.Cl.Cl. The molecule has 1 amide bonds. The first-order valence-corrected chi connectivity index (χ1v) is 11.5. The summed E-state index contributed by atoms with van der Waals surface area (Å²) in [6.45, 7) is 3.57. The number of amides is 1. The van der Waals surface area contributed by atoms with E-state index < -0.39 is 0 Å². The molecule has 3 rings (SSSR count). The van der Waals surface area contributed by atoms with Gasteiger partial charge in [0, 0.05) is 38.2 Å². The number of aromatic nitrogens is 2. The highest BCUT2D eigenvalue weighted by Crippen LogP contribution is 2.27. The maximum Gasteiger partial charge on any atom is 0.289 e. The number of fused-ring (bicyclic) bond motifs is 1. The van der Waals surface area contributed by atoms with Crippen LogP contribution in [0.15, 0.2) is 23.4 Å². The van der Waals surface area contributed by atoms with Crippen LogP contribution in [0.5, 0.6) is 0 Å². The molecule has 2 atom stereocenters. The number of carbonyl (C=O) groups excluding carboxylic acids is 1. The van der Waals surface area contributed by atoms with E-state index in [1.54, 1.807) is 14.2 Å². The van der Waals surface area contributed by atoms with Crippen LogP contribution in [0.1, 0.15) is 41.9 Å². The quantitative estimate of drug-likeness (QED) is 0.144. The zero-order chi connectivity index (χ0) is 24.3. The summed E-state index contributed by atoms with van der Waals surface area (Å²) in [6.07, 6.45) is 3.98. The molecule has 0 saturated heterocycles. The highest BCUT2D eigenvalue weighted by atomic mass is 35.5. The van der Waals surface area contributed by atoms with Gasteiger partial charge in [0.25, 0.3) is 5.91 Å². The van der Waals surface area contributed by atoms with Crippen LogP contribution in [0.3, 0.4) is 0 Å². The molecule has 5 N–H and O–H groups in total. The lowest BCUT2D eigenvalue weighted by atomic mass is 9.90. The first-order valence-electron chi connectivity index (χ1n) is 11.5. The van der Waals surface area contributed by atoms with E-state index in [1.165, 1.54) is 0 Å². The van der Waals surface area contributed by atoms with E-state index >= 15 is 0 Å². The number of halogens is 2. The second kappa shape index (κ2) is 16.2. The number of aryl methyl sites for hydroxylation is 1. The number of oxime groups is 1. The van der Waals surface area contributed by atoms with Crippen molar-refractivity contribution in [1.82, 2.24) is 20.6 Å². The molecule has 11 nitrogen and oxygen atoms in total. The number of guanidine groups is 1. The molecule has 1 fully saturated rings. The Morgan fingerprint density at radius 3 is 2.53 bits per heavy atom. The molecule has 13 heteroatoms. The summed E-state index contributed by atoms with van der Waals surface area (Å²) in [5, 5.41) is 14.4. The molecule has 0 aliphatic heterocycles. The molecule has 2 aromatic rings. The lowest BCUT2D eigenvalue weighted by Crippen LogP contribution is -2.51. The van der Waals surface area contributed by atoms with Gasteiger partial charge in [0.15, 0.2) is 0 Å². The summed E-state index contributed by atoms with van der Waals surface area (Å²) in [5.41, 5.74) is 7.82. The molecule has 36 heavy (non-hydrogen) atoms. The van der Waals surface area contributed by atoms with Crippen molar-refractivity contribution in [3.05, 3.63) is 29.6 Å². The minimum atomic E-state index is -0.342. The van der Waals surface area contributed by atoms with Gasteiger partial charge in [-0.05, 0) is 37.1 Å². The molecule has 0 unspecified atom stereocenters. The molecular formula is C23H37Cl2N7O4. The van der Waals surface area contributed by atoms with Crippen molar-refractivity contribution in [3.8, 4) is 0 Å². The zero-order valence-corrected chi connectivity index (χ0v) is 22.5. The largest absolute Gasteiger partial charge is 0.390 e. The Hall–Kier alpha value is -2.60. The lowest BCUT2D eigenvalue weighted by Gasteiger charge is -2.33. The molecule has 202 valence electrons. The van der Waals surface area contributed by atoms with Gasteiger partial charge in [-0.25, -0.2) is 9.97 Å². The van der Waals surface area contributed by atoms with Crippen LogP contribution in [0.4, 0.5) is 5.82 Å². The number of anilines is 1.